The number of ether oxygens (including phenoxy) is 1. The zero-order valence-electron chi connectivity index (χ0n) is 17.8. The number of nitrogens with one attached hydrogen (secondary N) is 3. The molecule has 0 saturated carbocycles. The van der Waals surface area contributed by atoms with Crippen molar-refractivity contribution >= 4 is 34.6 Å². The van der Waals surface area contributed by atoms with E-state index in [1.807, 2.05) is 42.5 Å². The van der Waals surface area contributed by atoms with E-state index in [4.69, 9.17) is 4.74 Å². The fourth-order valence-electron chi connectivity index (χ4n) is 3.39. The van der Waals surface area contributed by atoms with Crippen LogP contribution in [0.5, 0.6) is 0 Å². The monoisotopic (exact) mass is 430 g/mol. The Labute approximate surface area is 187 Å². The smallest absolute Gasteiger partial charge is 0.247 e. The highest BCUT2D eigenvalue weighted by Crippen LogP contribution is 2.22. The molecule has 0 aliphatic carbocycles. The van der Waals surface area contributed by atoms with E-state index in [-0.39, 0.29) is 5.91 Å². The van der Waals surface area contributed by atoms with E-state index >= 15 is 0 Å². The molecule has 0 unspecified atom stereocenters. The van der Waals surface area contributed by atoms with Crippen LogP contribution in [-0.4, -0.2) is 42.2 Å². The number of nitrogens with zero attached hydrogens (tertiary/aromatic N) is 3. The molecule has 3 aromatic rings. The summed E-state index contributed by atoms with van der Waals surface area (Å²) in [6.45, 7) is 7.39. The average molecular weight is 431 g/mol. The van der Waals surface area contributed by atoms with Crippen LogP contribution in [0.3, 0.4) is 0 Å². The highest BCUT2D eigenvalue weighted by Gasteiger charge is 2.11. The average Bonchev–Trinajstić information content (AvgIpc) is 2.84. The Balaban J connectivity index is 1.35. The molecule has 0 atom stereocenters. The van der Waals surface area contributed by atoms with Crippen LogP contribution in [-0.2, 0) is 16.1 Å². The lowest BCUT2D eigenvalue weighted by atomic mass is 10.2. The summed E-state index contributed by atoms with van der Waals surface area (Å²) >= 11 is 0. The Kier molecular flexibility index (Phi) is 6.94. The molecule has 2 heterocycles. The summed E-state index contributed by atoms with van der Waals surface area (Å²) in [6.07, 6.45) is 2.77. The van der Waals surface area contributed by atoms with Crippen LogP contribution in [0.25, 0.3) is 0 Å². The van der Waals surface area contributed by atoms with Crippen LogP contribution in [0.4, 0.5) is 28.7 Å². The summed E-state index contributed by atoms with van der Waals surface area (Å²) in [6, 6.07) is 17.8. The molecule has 4 rings (SSSR count). The molecule has 2 aromatic carbocycles. The number of hydrogen-bond acceptors (Lipinski definition) is 7. The molecule has 0 radical (unpaired) electrons. The maximum absolute atomic E-state index is 11.5. The molecule has 1 aliphatic heterocycles. The third-order valence-corrected chi connectivity index (χ3v) is 5.04. The van der Waals surface area contributed by atoms with Gasteiger partial charge < -0.3 is 25.6 Å². The second kappa shape index (κ2) is 10.4. The van der Waals surface area contributed by atoms with E-state index in [9.17, 15) is 4.79 Å². The van der Waals surface area contributed by atoms with Gasteiger partial charge in [-0.2, -0.15) is 0 Å². The zero-order chi connectivity index (χ0) is 22.2. The van der Waals surface area contributed by atoms with E-state index in [2.05, 4.69) is 49.5 Å². The number of rotatable bonds is 8. The van der Waals surface area contributed by atoms with Gasteiger partial charge in [0.15, 0.2) is 0 Å². The number of morpholine rings is 1. The van der Waals surface area contributed by atoms with Crippen LogP contribution in [0.2, 0.25) is 0 Å². The predicted octanol–water partition coefficient (Wildman–Crippen LogP) is 3.79. The van der Waals surface area contributed by atoms with Crippen molar-refractivity contribution in [1.82, 2.24) is 9.97 Å². The second-order valence-electron chi connectivity index (χ2n) is 7.31. The molecule has 8 heteroatoms. The zero-order valence-corrected chi connectivity index (χ0v) is 17.8. The van der Waals surface area contributed by atoms with Crippen molar-refractivity contribution in [2.75, 3.05) is 47.2 Å². The largest absolute Gasteiger partial charge is 0.378 e. The van der Waals surface area contributed by atoms with Crippen molar-refractivity contribution in [3.05, 3.63) is 79.1 Å². The number of amides is 1. The molecule has 8 nitrogen and oxygen atoms in total. The number of aromatic nitrogens is 2. The van der Waals surface area contributed by atoms with Crippen molar-refractivity contribution < 1.29 is 9.53 Å². The molecule has 0 spiro atoms. The quantitative estimate of drug-likeness (QED) is 0.468. The normalized spacial score (nSPS) is 13.3. The number of hydrogen-bond donors (Lipinski definition) is 3. The molecular weight excluding hydrogens is 404 g/mol. The molecule has 1 fully saturated rings. The molecule has 0 bridgehead atoms. The van der Waals surface area contributed by atoms with Crippen molar-refractivity contribution in [3.63, 3.8) is 0 Å². The van der Waals surface area contributed by atoms with Crippen molar-refractivity contribution in [2.45, 2.75) is 6.54 Å². The number of carbonyl (C=O) groups excluding carboxylic acids is 1. The summed E-state index contributed by atoms with van der Waals surface area (Å²) < 4.78 is 5.41. The minimum atomic E-state index is -0.236. The lowest BCUT2D eigenvalue weighted by Crippen LogP contribution is -2.36. The highest BCUT2D eigenvalue weighted by molar-refractivity contribution is 5.98. The van der Waals surface area contributed by atoms with Crippen molar-refractivity contribution in [2.24, 2.45) is 0 Å². The number of carbonyl (C=O) groups is 1. The van der Waals surface area contributed by atoms with E-state index in [1.54, 1.807) is 0 Å². The van der Waals surface area contributed by atoms with Crippen LogP contribution >= 0.6 is 0 Å². The van der Waals surface area contributed by atoms with Gasteiger partial charge in [0.25, 0.3) is 0 Å². The Morgan fingerprint density at radius 2 is 1.81 bits per heavy atom. The van der Waals surface area contributed by atoms with E-state index in [1.165, 1.54) is 18.1 Å². The Hall–Kier alpha value is -3.91. The summed E-state index contributed by atoms with van der Waals surface area (Å²) in [7, 11) is 0. The maximum Gasteiger partial charge on any atom is 0.247 e. The van der Waals surface area contributed by atoms with Gasteiger partial charge in [-0.15, -0.1) is 0 Å². The summed E-state index contributed by atoms with van der Waals surface area (Å²) in [4.78, 5) is 22.4. The number of benzene rings is 2. The fourth-order valence-corrected chi connectivity index (χ4v) is 3.39. The van der Waals surface area contributed by atoms with Crippen molar-refractivity contribution in [1.29, 1.82) is 0 Å². The maximum atomic E-state index is 11.5. The van der Waals surface area contributed by atoms with Crippen LogP contribution in [0, 0.1) is 0 Å². The molecule has 1 aromatic heterocycles. The van der Waals surface area contributed by atoms with E-state index < -0.39 is 0 Å². The molecular formula is C24H26N6O2. The summed E-state index contributed by atoms with van der Waals surface area (Å²) in [5.74, 6) is 1.17. The molecule has 1 saturated heterocycles. The van der Waals surface area contributed by atoms with Gasteiger partial charge in [0.05, 0.1) is 13.2 Å². The lowest BCUT2D eigenvalue weighted by molar-refractivity contribution is -0.111. The Morgan fingerprint density at radius 3 is 2.59 bits per heavy atom. The van der Waals surface area contributed by atoms with E-state index in [0.717, 1.165) is 43.2 Å². The van der Waals surface area contributed by atoms with Crippen LogP contribution in [0.15, 0.2) is 73.6 Å². The second-order valence-corrected chi connectivity index (χ2v) is 7.31. The lowest BCUT2D eigenvalue weighted by Gasteiger charge is -2.28. The minimum absolute atomic E-state index is 0.236. The molecule has 1 aliphatic rings. The Morgan fingerprint density at radius 1 is 1.03 bits per heavy atom. The fraction of sp³-hybridized carbons (Fsp3) is 0.208. The van der Waals surface area contributed by atoms with Gasteiger partial charge in [-0.3, -0.25) is 4.79 Å². The van der Waals surface area contributed by atoms with Gasteiger partial charge in [-0.25, -0.2) is 9.97 Å². The SMILES string of the molecule is C=CC(=O)Nc1cccc(CNc2cc(Nc3ccc(N4CCOCC4)cc3)ncn2)c1. The third-order valence-electron chi connectivity index (χ3n) is 5.04. The van der Waals surface area contributed by atoms with Gasteiger partial charge >= 0.3 is 0 Å². The predicted molar refractivity (Wildman–Crippen MR) is 127 cm³/mol. The third kappa shape index (κ3) is 5.83. The molecule has 3 N–H and O–H groups in total. The highest BCUT2D eigenvalue weighted by atomic mass is 16.5. The summed E-state index contributed by atoms with van der Waals surface area (Å²) in [5.41, 5.74) is 3.88. The summed E-state index contributed by atoms with van der Waals surface area (Å²) in [5, 5.41) is 9.37. The number of anilines is 5. The standard InChI is InChI=1S/C24H26N6O2/c1-2-24(31)29-20-5-3-4-18(14-20)16-25-22-15-23(27-17-26-22)28-19-6-8-21(9-7-19)30-10-12-32-13-11-30/h2-9,14-15,17H,1,10-13,16H2,(H,29,31)(H2,25,26,27,28). The first kappa shape index (κ1) is 21.3. The van der Waals surface area contributed by atoms with Gasteiger partial charge in [0.1, 0.15) is 18.0 Å². The van der Waals surface area contributed by atoms with Crippen LogP contribution in [0.1, 0.15) is 5.56 Å². The van der Waals surface area contributed by atoms with Gasteiger partial charge in [0, 0.05) is 42.8 Å². The van der Waals surface area contributed by atoms with Gasteiger partial charge in [-0.1, -0.05) is 18.7 Å². The van der Waals surface area contributed by atoms with Gasteiger partial charge in [-0.05, 0) is 48.0 Å². The van der Waals surface area contributed by atoms with Crippen LogP contribution < -0.4 is 20.9 Å². The first-order chi connectivity index (χ1) is 15.7. The molecule has 164 valence electrons. The Bertz CT molecular complexity index is 1060. The molecule has 32 heavy (non-hydrogen) atoms. The van der Waals surface area contributed by atoms with E-state index in [0.29, 0.717) is 18.2 Å². The molecule has 1 amide bonds. The topological polar surface area (TPSA) is 91.4 Å². The van der Waals surface area contributed by atoms with Gasteiger partial charge in [0.2, 0.25) is 5.91 Å². The first-order valence-electron chi connectivity index (χ1n) is 10.5. The first-order valence-corrected chi connectivity index (χ1v) is 10.5. The minimum Gasteiger partial charge on any atom is -0.378 e. The van der Waals surface area contributed by atoms with Crippen molar-refractivity contribution in [3.8, 4) is 0 Å².